The standard InChI is InChI=1S/C29H27F2N7O2/c1-17(29(38(2)19-10-5-4-6-11-19)37-21-12-8-7-9-18(21)15-39)36-28-23(27(33)34-16-35-28)26(32)20-13-14-22(40-3)25(31)24(20)30/h4-17,32H,1-3H3,(H3,33,34,35,36)/b32-26?,37-29-/t17-/m0/s1. The Bertz CT molecular complexity index is 1580. The molecule has 4 N–H and O–H groups in total. The highest BCUT2D eigenvalue weighted by Crippen LogP contribution is 2.29. The minimum absolute atomic E-state index is 0.0205. The average molecular weight is 544 g/mol. The number of likely N-dealkylation sites (N-methyl/N-ethyl adjacent to an activating group) is 1. The summed E-state index contributed by atoms with van der Waals surface area (Å²) in [6, 6.07) is 18.2. The minimum Gasteiger partial charge on any atom is -0.494 e. The summed E-state index contributed by atoms with van der Waals surface area (Å²) in [6.07, 6.45) is 1.93. The fraction of sp³-hybridized carbons (Fsp3) is 0.138. The molecule has 0 amide bonds. The van der Waals surface area contributed by atoms with Crippen LogP contribution in [-0.2, 0) is 0 Å². The first kappa shape index (κ1) is 27.8. The number of para-hydroxylation sites is 2. The highest BCUT2D eigenvalue weighted by Gasteiger charge is 2.25. The summed E-state index contributed by atoms with van der Waals surface area (Å²) in [7, 11) is 3.04. The molecule has 1 heterocycles. The molecular weight excluding hydrogens is 516 g/mol. The largest absolute Gasteiger partial charge is 0.494 e. The number of aromatic nitrogens is 2. The molecule has 0 spiro atoms. The SMILES string of the molecule is COc1ccc(C(=N)c2c(N)ncnc2N[C@@H](C)/C(=N/c2ccccc2C=O)N(C)c2ccccc2)c(F)c1F. The number of halogens is 2. The molecule has 0 saturated carbocycles. The fourth-order valence-corrected chi connectivity index (χ4v) is 4.10. The number of methoxy groups -OCH3 is 1. The lowest BCUT2D eigenvalue weighted by Gasteiger charge is -2.28. The monoisotopic (exact) mass is 543 g/mol. The molecule has 0 saturated heterocycles. The van der Waals surface area contributed by atoms with E-state index in [1.165, 1.54) is 25.6 Å². The quantitative estimate of drug-likeness (QED) is 0.150. The van der Waals surface area contributed by atoms with Crippen LogP contribution in [0, 0.1) is 17.0 Å². The van der Waals surface area contributed by atoms with Crippen LogP contribution in [0.5, 0.6) is 5.75 Å². The maximum atomic E-state index is 14.9. The molecule has 0 radical (unpaired) electrons. The van der Waals surface area contributed by atoms with Crippen molar-refractivity contribution in [1.82, 2.24) is 9.97 Å². The number of aldehydes is 1. The Labute approximate surface area is 229 Å². The number of nitrogens with two attached hydrogens (primary N) is 1. The molecule has 11 heteroatoms. The number of anilines is 3. The van der Waals surface area contributed by atoms with Gasteiger partial charge in [-0.05, 0) is 43.3 Å². The lowest BCUT2D eigenvalue weighted by atomic mass is 10.0. The van der Waals surface area contributed by atoms with Crippen LogP contribution in [0.4, 0.5) is 31.8 Å². The van der Waals surface area contributed by atoms with Crippen LogP contribution in [0.2, 0.25) is 0 Å². The van der Waals surface area contributed by atoms with Crippen molar-refractivity contribution in [2.75, 3.05) is 30.1 Å². The van der Waals surface area contributed by atoms with Gasteiger partial charge in [-0.15, -0.1) is 0 Å². The van der Waals surface area contributed by atoms with Crippen molar-refractivity contribution in [1.29, 1.82) is 5.41 Å². The highest BCUT2D eigenvalue weighted by molar-refractivity contribution is 6.16. The molecule has 0 aliphatic carbocycles. The smallest absolute Gasteiger partial charge is 0.201 e. The molecule has 40 heavy (non-hydrogen) atoms. The van der Waals surface area contributed by atoms with E-state index in [1.807, 2.05) is 42.3 Å². The van der Waals surface area contributed by atoms with E-state index >= 15 is 0 Å². The number of nitrogens with one attached hydrogen (secondary N) is 2. The van der Waals surface area contributed by atoms with Crippen LogP contribution in [-0.4, -0.2) is 48.0 Å². The van der Waals surface area contributed by atoms with Gasteiger partial charge in [0.05, 0.1) is 30.1 Å². The van der Waals surface area contributed by atoms with Gasteiger partial charge in [0.25, 0.3) is 0 Å². The lowest BCUT2D eigenvalue weighted by Crippen LogP contribution is -2.40. The molecule has 4 rings (SSSR count). The van der Waals surface area contributed by atoms with Gasteiger partial charge in [0.1, 0.15) is 23.8 Å². The van der Waals surface area contributed by atoms with Crippen molar-refractivity contribution >= 4 is 40.8 Å². The van der Waals surface area contributed by atoms with Crippen molar-refractivity contribution < 1.29 is 18.3 Å². The predicted molar refractivity (Wildman–Crippen MR) is 152 cm³/mol. The van der Waals surface area contributed by atoms with Gasteiger partial charge in [0.2, 0.25) is 5.82 Å². The number of nitrogen functional groups attached to an aromatic ring is 1. The van der Waals surface area contributed by atoms with Gasteiger partial charge in [-0.2, -0.15) is 4.39 Å². The number of amidine groups is 1. The first-order valence-electron chi connectivity index (χ1n) is 12.2. The second kappa shape index (κ2) is 12.1. The molecular formula is C29H27F2N7O2. The van der Waals surface area contributed by atoms with Gasteiger partial charge < -0.3 is 20.7 Å². The molecule has 3 aromatic carbocycles. The summed E-state index contributed by atoms with van der Waals surface area (Å²) >= 11 is 0. The Morgan fingerprint density at radius 3 is 2.48 bits per heavy atom. The Hall–Kier alpha value is -5.19. The number of hydrogen-bond donors (Lipinski definition) is 3. The first-order valence-corrected chi connectivity index (χ1v) is 12.2. The van der Waals surface area contributed by atoms with E-state index in [0.29, 0.717) is 17.1 Å². The second-order valence-corrected chi connectivity index (χ2v) is 8.71. The van der Waals surface area contributed by atoms with E-state index in [0.717, 1.165) is 12.0 Å². The molecule has 0 aliphatic heterocycles. The summed E-state index contributed by atoms with van der Waals surface area (Å²) in [6.45, 7) is 1.81. The minimum atomic E-state index is -1.26. The highest BCUT2D eigenvalue weighted by atomic mass is 19.2. The number of rotatable bonds is 9. The third kappa shape index (κ3) is 5.63. The van der Waals surface area contributed by atoms with Gasteiger partial charge >= 0.3 is 0 Å². The third-order valence-corrected chi connectivity index (χ3v) is 6.19. The van der Waals surface area contributed by atoms with E-state index in [9.17, 15) is 13.6 Å². The fourth-order valence-electron chi connectivity index (χ4n) is 4.10. The van der Waals surface area contributed by atoms with Crippen LogP contribution >= 0.6 is 0 Å². The molecule has 0 aliphatic rings. The van der Waals surface area contributed by atoms with Gasteiger partial charge in [-0.25, -0.2) is 19.4 Å². The summed E-state index contributed by atoms with van der Waals surface area (Å²) in [4.78, 5) is 26.5. The van der Waals surface area contributed by atoms with Crippen molar-refractivity contribution in [3.63, 3.8) is 0 Å². The summed E-state index contributed by atoms with van der Waals surface area (Å²) in [5.74, 6) is -2.28. The molecule has 4 aromatic rings. The van der Waals surface area contributed by atoms with Crippen LogP contribution < -0.4 is 20.7 Å². The van der Waals surface area contributed by atoms with Crippen LogP contribution in [0.1, 0.15) is 28.4 Å². The summed E-state index contributed by atoms with van der Waals surface area (Å²) < 4.78 is 34.2. The van der Waals surface area contributed by atoms with Gasteiger partial charge in [-0.1, -0.05) is 30.3 Å². The molecule has 0 bridgehead atoms. The van der Waals surface area contributed by atoms with E-state index < -0.39 is 23.4 Å². The zero-order valence-corrected chi connectivity index (χ0v) is 22.0. The second-order valence-electron chi connectivity index (χ2n) is 8.71. The molecule has 0 fully saturated rings. The van der Waals surface area contributed by atoms with Gasteiger partial charge in [-0.3, -0.25) is 10.2 Å². The summed E-state index contributed by atoms with van der Waals surface area (Å²) in [5, 5.41) is 11.9. The number of carbonyl (C=O) groups excluding carboxylic acids is 1. The predicted octanol–water partition coefficient (Wildman–Crippen LogP) is 5.24. The van der Waals surface area contributed by atoms with Gasteiger partial charge in [0.15, 0.2) is 17.9 Å². The zero-order chi connectivity index (χ0) is 28.8. The van der Waals surface area contributed by atoms with E-state index in [2.05, 4.69) is 15.3 Å². The topological polar surface area (TPSA) is 130 Å². The molecule has 204 valence electrons. The number of ether oxygens (including phenoxy) is 1. The van der Waals surface area contributed by atoms with E-state index in [-0.39, 0.29) is 28.5 Å². The van der Waals surface area contributed by atoms with Gasteiger partial charge in [0, 0.05) is 23.9 Å². The van der Waals surface area contributed by atoms with E-state index in [4.69, 9.17) is 20.9 Å². The molecule has 9 nitrogen and oxygen atoms in total. The Kier molecular flexibility index (Phi) is 8.43. The molecule has 1 atom stereocenters. The normalized spacial score (nSPS) is 12.0. The van der Waals surface area contributed by atoms with Crippen molar-refractivity contribution in [2.24, 2.45) is 4.99 Å². The first-order chi connectivity index (χ1) is 19.3. The molecule has 0 unspecified atom stereocenters. The summed E-state index contributed by atoms with van der Waals surface area (Å²) in [5.41, 5.74) is 7.01. The number of hydrogen-bond acceptors (Lipinski definition) is 8. The number of carbonyl (C=O) groups is 1. The zero-order valence-electron chi connectivity index (χ0n) is 22.0. The van der Waals surface area contributed by atoms with Crippen LogP contribution in [0.25, 0.3) is 0 Å². The van der Waals surface area contributed by atoms with Crippen LogP contribution in [0.15, 0.2) is 78.0 Å². The molecule has 1 aromatic heterocycles. The Morgan fingerprint density at radius 2 is 1.77 bits per heavy atom. The van der Waals surface area contributed by atoms with Crippen molar-refractivity contribution in [2.45, 2.75) is 13.0 Å². The number of nitrogens with zero attached hydrogens (tertiary/aromatic N) is 4. The third-order valence-electron chi connectivity index (χ3n) is 6.19. The average Bonchev–Trinajstić information content (AvgIpc) is 2.97. The lowest BCUT2D eigenvalue weighted by molar-refractivity contribution is 0.112. The maximum Gasteiger partial charge on any atom is 0.201 e. The Morgan fingerprint density at radius 1 is 1.07 bits per heavy atom. The van der Waals surface area contributed by atoms with E-state index in [1.54, 1.807) is 31.2 Å². The van der Waals surface area contributed by atoms with Crippen molar-refractivity contribution in [3.8, 4) is 5.75 Å². The van der Waals surface area contributed by atoms with Crippen LogP contribution in [0.3, 0.4) is 0 Å². The number of benzene rings is 3. The maximum absolute atomic E-state index is 14.9. The number of aliphatic imine (C=N–C) groups is 1. The van der Waals surface area contributed by atoms with Crippen molar-refractivity contribution in [3.05, 3.63) is 101 Å². The Balaban J connectivity index is 1.78.